The van der Waals surface area contributed by atoms with Crippen LogP contribution in [0.2, 0.25) is 0 Å². The third-order valence-electron chi connectivity index (χ3n) is 15.2. The zero-order valence-electron chi connectivity index (χ0n) is 43.7. The first kappa shape index (κ1) is 66.9. The maximum Gasteiger partial charge on any atom is 0.187 e. The van der Waals surface area contributed by atoms with Crippen LogP contribution in [0.4, 0.5) is 0 Å². The first-order valence-electron chi connectivity index (χ1n) is 27.1. The fraction of sp³-hybridized carbons (Fsp3) is 1.00. The Labute approximate surface area is 454 Å². The molecule has 0 aromatic rings. The van der Waals surface area contributed by atoms with E-state index in [0.717, 1.165) is 32.1 Å². The zero-order valence-corrected chi connectivity index (χ0v) is 43.7. The third-order valence-corrected chi connectivity index (χ3v) is 15.2. The molecule has 6 aliphatic rings. The van der Waals surface area contributed by atoms with Crippen molar-refractivity contribution >= 4 is 0 Å². The lowest BCUT2D eigenvalue weighted by Gasteiger charge is -2.50. The number of ether oxygens (including phenoxy) is 12. The van der Waals surface area contributed by atoms with E-state index >= 15 is 0 Å². The number of hydrogen-bond donors (Lipinski definition) is 19. The number of rotatable bonds is 28. The predicted molar refractivity (Wildman–Crippen MR) is 255 cm³/mol. The fourth-order valence-corrected chi connectivity index (χ4v) is 10.4. The molecule has 31 nitrogen and oxygen atoms in total. The average Bonchev–Trinajstić information content (AvgIpc) is 3.51. The molecule has 6 saturated heterocycles. The second-order valence-electron chi connectivity index (χ2n) is 20.8. The van der Waals surface area contributed by atoms with E-state index in [2.05, 4.69) is 6.92 Å². The Hall–Kier alpha value is -1.24. The molecule has 0 aliphatic carbocycles. The molecular formula is C48H86O31. The standard InChI is InChI=1S/C48H86O31/c1-2-3-4-5-6-7-8-9-10-11-12-68-43-33(63)38(26(56)20(14-50)69-43)76-45-35(65)40(28(58)22(16-52)71-45)78-47-37(67)42(30(60)24(18-54)73-47)79-48-36(66)41(29(59)23(17-53)74-48)77-46-34(64)39(27(57)21(15-51)72-46)75-44-32(62)31(61)25(55)19(13-49)70-44/h19-67H,2-18H2,1H3/t19-,20-,21-,22-,23-,24-,25-,26-,27-,28-,29-,30-,31+,32-,33-,34-,35-,36-,37-,38+,39+,40+,41+,42+,43-,44+,45+,46+,47+,48+/m1/s1. The van der Waals surface area contributed by atoms with Gasteiger partial charge in [0.05, 0.1) is 39.6 Å². The minimum Gasteiger partial charge on any atom is -0.394 e. The van der Waals surface area contributed by atoms with E-state index in [9.17, 15) is 97.0 Å². The van der Waals surface area contributed by atoms with Gasteiger partial charge in [0.25, 0.3) is 0 Å². The molecule has 0 radical (unpaired) electrons. The van der Waals surface area contributed by atoms with Crippen LogP contribution in [0.15, 0.2) is 0 Å². The summed E-state index contributed by atoms with van der Waals surface area (Å²) in [4.78, 5) is 0. The number of hydrogen-bond acceptors (Lipinski definition) is 31. The molecule has 31 heteroatoms. The quantitative estimate of drug-likeness (QED) is 0.0324. The molecule has 6 rings (SSSR count). The van der Waals surface area contributed by atoms with Gasteiger partial charge in [0, 0.05) is 6.61 Å². The van der Waals surface area contributed by atoms with Crippen LogP contribution in [0.3, 0.4) is 0 Å². The van der Waals surface area contributed by atoms with Gasteiger partial charge in [-0.3, -0.25) is 0 Å². The minimum absolute atomic E-state index is 0.130. The second kappa shape index (κ2) is 31.8. The van der Waals surface area contributed by atoms with Crippen LogP contribution in [0.1, 0.15) is 71.1 Å². The van der Waals surface area contributed by atoms with Gasteiger partial charge in [-0.1, -0.05) is 64.7 Å². The van der Waals surface area contributed by atoms with Crippen LogP contribution in [0, 0.1) is 0 Å². The van der Waals surface area contributed by atoms with E-state index in [1.165, 1.54) is 25.7 Å². The molecule has 79 heavy (non-hydrogen) atoms. The predicted octanol–water partition coefficient (Wildman–Crippen LogP) is -9.16. The van der Waals surface area contributed by atoms with E-state index in [4.69, 9.17) is 56.8 Å². The van der Waals surface area contributed by atoms with Crippen molar-refractivity contribution in [3.8, 4) is 0 Å². The van der Waals surface area contributed by atoms with Gasteiger partial charge in [0.15, 0.2) is 37.7 Å². The van der Waals surface area contributed by atoms with Crippen molar-refractivity contribution in [3.05, 3.63) is 0 Å². The highest BCUT2D eigenvalue weighted by atomic mass is 16.8. The van der Waals surface area contributed by atoms with Crippen molar-refractivity contribution in [1.29, 1.82) is 0 Å². The topological polar surface area (TPSA) is 495 Å². The Kier molecular flexibility index (Phi) is 26.9. The van der Waals surface area contributed by atoms with E-state index in [1.807, 2.05) is 0 Å². The molecular weight excluding hydrogens is 1070 g/mol. The number of unbranched alkanes of at least 4 members (excludes halogenated alkanes) is 9. The third kappa shape index (κ3) is 16.0. The van der Waals surface area contributed by atoms with Crippen molar-refractivity contribution in [2.24, 2.45) is 0 Å². The molecule has 30 atom stereocenters. The van der Waals surface area contributed by atoms with Gasteiger partial charge in [-0.25, -0.2) is 0 Å². The van der Waals surface area contributed by atoms with Crippen molar-refractivity contribution in [1.82, 2.24) is 0 Å². The Balaban J connectivity index is 1.12. The summed E-state index contributed by atoms with van der Waals surface area (Å²) < 4.78 is 68.1. The first-order valence-corrected chi connectivity index (χ1v) is 27.1. The lowest BCUT2D eigenvalue weighted by atomic mass is 9.95. The molecule has 0 aromatic carbocycles. The Morgan fingerprint density at radius 1 is 0.253 bits per heavy atom. The Bertz CT molecular complexity index is 1720. The number of aliphatic hydroxyl groups excluding tert-OH is 19. The Morgan fingerprint density at radius 3 is 0.759 bits per heavy atom. The Morgan fingerprint density at radius 2 is 0.481 bits per heavy atom. The van der Waals surface area contributed by atoms with Gasteiger partial charge < -0.3 is 154 Å². The molecule has 0 bridgehead atoms. The van der Waals surface area contributed by atoms with Crippen molar-refractivity contribution in [3.63, 3.8) is 0 Å². The molecule has 19 N–H and O–H groups in total. The highest BCUT2D eigenvalue weighted by Crippen LogP contribution is 2.37. The summed E-state index contributed by atoms with van der Waals surface area (Å²) in [7, 11) is 0. The van der Waals surface area contributed by atoms with E-state index in [1.54, 1.807) is 0 Å². The summed E-state index contributed by atoms with van der Waals surface area (Å²) in [5.74, 6) is 0. The van der Waals surface area contributed by atoms with Crippen LogP contribution in [-0.2, 0) is 56.8 Å². The summed E-state index contributed by atoms with van der Waals surface area (Å²) in [6.07, 6.45) is -46.6. The smallest absolute Gasteiger partial charge is 0.187 e. The molecule has 464 valence electrons. The summed E-state index contributed by atoms with van der Waals surface area (Å²) in [6, 6.07) is 0. The molecule has 6 fully saturated rings. The van der Waals surface area contributed by atoms with Gasteiger partial charge in [-0.2, -0.15) is 0 Å². The normalized spacial score (nSPS) is 47.1. The SMILES string of the molecule is CCCCCCCCCCCCO[C@@H]1O[C@H](CO)[C@@H](O)[C@H](O[C@@H]2O[C@H](CO)[C@@H](O)[C@H](O[C@@H]3O[C@H](CO)[C@@H](O)[C@H](O[C@@H]4O[C@H](CO)[C@@H](O)[C@H](O[C@@H]5O[C@H](CO)[C@@H](O)[C@H](O[C@@H]6O[C@H](CO)[C@@H](O)[C@H](O)[C@H]6O)[C@H]5O)[C@H]4O)[C@H]3O)[C@H]2O)[C@H]1O. The van der Waals surface area contributed by atoms with Crippen LogP contribution >= 0.6 is 0 Å². The lowest BCUT2D eigenvalue weighted by molar-refractivity contribution is -0.398. The highest BCUT2D eigenvalue weighted by Gasteiger charge is 2.58. The zero-order chi connectivity index (χ0) is 57.8. The minimum atomic E-state index is -2.25. The highest BCUT2D eigenvalue weighted by molar-refractivity contribution is 5.00. The van der Waals surface area contributed by atoms with Gasteiger partial charge in [-0.05, 0) is 6.42 Å². The van der Waals surface area contributed by atoms with Gasteiger partial charge in [-0.15, -0.1) is 0 Å². The second-order valence-corrected chi connectivity index (χ2v) is 20.8. The molecule has 6 aliphatic heterocycles. The van der Waals surface area contributed by atoms with Crippen LogP contribution < -0.4 is 0 Å². The summed E-state index contributed by atoms with van der Waals surface area (Å²) in [6.45, 7) is -3.34. The fourth-order valence-electron chi connectivity index (χ4n) is 10.4. The maximum absolute atomic E-state index is 11.7. The summed E-state index contributed by atoms with van der Waals surface area (Å²) in [5.41, 5.74) is 0. The van der Waals surface area contributed by atoms with Gasteiger partial charge in [0.1, 0.15) is 146 Å². The van der Waals surface area contributed by atoms with Crippen molar-refractivity contribution < 1.29 is 154 Å². The van der Waals surface area contributed by atoms with E-state index in [0.29, 0.717) is 6.42 Å². The monoisotopic (exact) mass is 1160 g/mol. The van der Waals surface area contributed by atoms with Crippen LogP contribution in [-0.4, -0.2) is 328 Å². The average molecular weight is 1160 g/mol. The van der Waals surface area contributed by atoms with E-state index < -0.39 is 224 Å². The molecule has 0 amide bonds. The molecule has 0 aromatic heterocycles. The van der Waals surface area contributed by atoms with Crippen LogP contribution in [0.5, 0.6) is 0 Å². The molecule has 6 heterocycles. The first-order chi connectivity index (χ1) is 37.8. The molecule has 0 saturated carbocycles. The van der Waals surface area contributed by atoms with Crippen LogP contribution in [0.25, 0.3) is 0 Å². The van der Waals surface area contributed by atoms with E-state index in [-0.39, 0.29) is 6.61 Å². The van der Waals surface area contributed by atoms with Crippen molar-refractivity contribution in [2.75, 3.05) is 46.2 Å². The maximum atomic E-state index is 11.7. The summed E-state index contributed by atoms with van der Waals surface area (Å²) in [5, 5.41) is 205. The molecule has 0 unspecified atom stereocenters. The van der Waals surface area contributed by atoms with Gasteiger partial charge in [0.2, 0.25) is 0 Å². The van der Waals surface area contributed by atoms with Gasteiger partial charge >= 0.3 is 0 Å². The molecule has 0 spiro atoms. The lowest BCUT2D eigenvalue weighted by Crippen LogP contribution is -2.68. The number of aliphatic hydroxyl groups is 19. The van der Waals surface area contributed by atoms with Crippen molar-refractivity contribution in [2.45, 2.75) is 255 Å². The summed E-state index contributed by atoms with van der Waals surface area (Å²) >= 11 is 0. The largest absolute Gasteiger partial charge is 0.394 e.